The summed E-state index contributed by atoms with van der Waals surface area (Å²) in [6, 6.07) is 10.9. The maximum absolute atomic E-state index is 13.2. The molecule has 2 heteroatoms. The first-order chi connectivity index (χ1) is 9.78. The Kier molecular flexibility index (Phi) is 3.82. The normalized spacial score (nSPS) is 25.1. The second-order valence-electron chi connectivity index (χ2n) is 6.36. The highest BCUT2D eigenvalue weighted by Gasteiger charge is 2.48. The van der Waals surface area contributed by atoms with Crippen LogP contribution in [0.3, 0.4) is 0 Å². The van der Waals surface area contributed by atoms with Gasteiger partial charge in [-0.2, -0.15) is 0 Å². The molecule has 0 radical (unpaired) electrons. The summed E-state index contributed by atoms with van der Waals surface area (Å²) in [5.74, 6) is 0.404. The smallest absolute Gasteiger partial charge is 0.233 e. The van der Waals surface area contributed by atoms with E-state index in [1.165, 1.54) is 31.2 Å². The number of benzene rings is 1. The predicted molar refractivity (Wildman–Crippen MR) is 81.6 cm³/mol. The molecule has 0 bridgehead atoms. The maximum atomic E-state index is 13.2. The van der Waals surface area contributed by atoms with E-state index in [9.17, 15) is 4.79 Å². The second-order valence-corrected chi connectivity index (χ2v) is 6.36. The van der Waals surface area contributed by atoms with Crippen molar-refractivity contribution in [1.29, 1.82) is 0 Å². The van der Waals surface area contributed by atoms with Crippen LogP contribution in [0.1, 0.15) is 57.4 Å². The van der Waals surface area contributed by atoms with Crippen LogP contribution in [0, 0.1) is 0 Å². The minimum absolute atomic E-state index is 0.202. The Morgan fingerprint density at radius 3 is 2.55 bits per heavy atom. The summed E-state index contributed by atoms with van der Waals surface area (Å²) in [6.45, 7) is 3.18. The van der Waals surface area contributed by atoms with Crippen molar-refractivity contribution in [3.8, 4) is 0 Å². The van der Waals surface area contributed by atoms with Gasteiger partial charge in [-0.3, -0.25) is 4.79 Å². The van der Waals surface area contributed by atoms with Crippen molar-refractivity contribution < 1.29 is 4.79 Å². The first-order valence-corrected chi connectivity index (χ1v) is 8.14. The van der Waals surface area contributed by atoms with Crippen LogP contribution in [-0.2, 0) is 10.2 Å². The zero-order chi connectivity index (χ0) is 14.0. The first-order valence-electron chi connectivity index (χ1n) is 8.14. The molecule has 2 fully saturated rings. The molecule has 0 aromatic heterocycles. The molecule has 1 aromatic carbocycles. The van der Waals surface area contributed by atoms with Gasteiger partial charge in [0.15, 0.2) is 0 Å². The lowest BCUT2D eigenvalue weighted by Gasteiger charge is -2.47. The Labute approximate surface area is 122 Å². The molecule has 2 nitrogen and oxygen atoms in total. The van der Waals surface area contributed by atoms with Gasteiger partial charge in [0.1, 0.15) is 0 Å². The van der Waals surface area contributed by atoms with Gasteiger partial charge in [0.25, 0.3) is 0 Å². The van der Waals surface area contributed by atoms with E-state index in [0.717, 1.165) is 25.8 Å². The lowest BCUT2D eigenvalue weighted by molar-refractivity contribution is -0.144. The van der Waals surface area contributed by atoms with Crippen molar-refractivity contribution in [3.63, 3.8) is 0 Å². The van der Waals surface area contributed by atoms with Gasteiger partial charge in [-0.25, -0.2) is 0 Å². The SMILES string of the molecule is CCC1CCCCN1C(=O)C1(c2ccccc2)CCC1. The van der Waals surface area contributed by atoms with Crippen LogP contribution in [-0.4, -0.2) is 23.4 Å². The molecule has 1 aliphatic heterocycles. The molecule has 1 saturated carbocycles. The molecular weight excluding hydrogens is 246 g/mol. The highest BCUT2D eigenvalue weighted by Crippen LogP contribution is 2.46. The van der Waals surface area contributed by atoms with E-state index in [-0.39, 0.29) is 5.41 Å². The van der Waals surface area contributed by atoms with Crippen molar-refractivity contribution >= 4 is 5.91 Å². The highest BCUT2D eigenvalue weighted by atomic mass is 16.2. The predicted octanol–water partition coefficient (Wildman–Crippen LogP) is 3.90. The summed E-state index contributed by atoms with van der Waals surface area (Å²) in [5.41, 5.74) is 1.03. The zero-order valence-corrected chi connectivity index (χ0v) is 12.5. The third-order valence-corrected chi connectivity index (χ3v) is 5.30. The number of piperidine rings is 1. The average molecular weight is 271 g/mol. The molecule has 1 aromatic rings. The number of carbonyl (C=O) groups excluding carboxylic acids is 1. The van der Waals surface area contributed by atoms with Gasteiger partial charge in [0.2, 0.25) is 5.91 Å². The van der Waals surface area contributed by atoms with E-state index in [1.807, 2.05) is 6.07 Å². The first kappa shape index (κ1) is 13.7. The minimum atomic E-state index is -0.202. The Morgan fingerprint density at radius 2 is 1.95 bits per heavy atom. The molecular formula is C18H25NO. The third-order valence-electron chi connectivity index (χ3n) is 5.30. The molecule has 0 spiro atoms. The molecule has 3 rings (SSSR count). The second kappa shape index (κ2) is 5.59. The molecule has 1 saturated heterocycles. The molecule has 2 aliphatic rings. The number of rotatable bonds is 3. The number of nitrogens with zero attached hydrogens (tertiary/aromatic N) is 1. The average Bonchev–Trinajstić information content (AvgIpc) is 2.47. The molecule has 1 unspecified atom stereocenters. The maximum Gasteiger partial charge on any atom is 0.233 e. The van der Waals surface area contributed by atoms with E-state index >= 15 is 0 Å². The van der Waals surface area contributed by atoms with Crippen molar-refractivity contribution in [2.45, 2.75) is 63.3 Å². The van der Waals surface area contributed by atoms with Crippen molar-refractivity contribution in [2.75, 3.05) is 6.54 Å². The van der Waals surface area contributed by atoms with Gasteiger partial charge in [-0.05, 0) is 44.1 Å². The third kappa shape index (κ3) is 2.15. The lowest BCUT2D eigenvalue weighted by atomic mass is 9.63. The molecule has 1 aliphatic carbocycles. The van der Waals surface area contributed by atoms with Gasteiger partial charge in [0.05, 0.1) is 5.41 Å². The van der Waals surface area contributed by atoms with Gasteiger partial charge in [0, 0.05) is 12.6 Å². The number of likely N-dealkylation sites (tertiary alicyclic amines) is 1. The van der Waals surface area contributed by atoms with E-state index in [1.54, 1.807) is 0 Å². The zero-order valence-electron chi connectivity index (χ0n) is 12.5. The standard InChI is InChI=1S/C18H25NO/c1-2-16-11-6-7-14-19(16)17(20)18(12-8-13-18)15-9-4-3-5-10-15/h3-5,9-10,16H,2,6-8,11-14H2,1H3. The lowest BCUT2D eigenvalue weighted by Crippen LogP contribution is -2.55. The number of carbonyl (C=O) groups is 1. The molecule has 0 N–H and O–H groups in total. The summed E-state index contributed by atoms with van der Waals surface area (Å²) < 4.78 is 0. The summed E-state index contributed by atoms with van der Waals surface area (Å²) in [5, 5.41) is 0. The van der Waals surface area contributed by atoms with Crippen molar-refractivity contribution in [1.82, 2.24) is 4.90 Å². The Bertz CT molecular complexity index is 464. The van der Waals surface area contributed by atoms with E-state index in [4.69, 9.17) is 0 Å². The highest BCUT2D eigenvalue weighted by molar-refractivity contribution is 5.89. The topological polar surface area (TPSA) is 20.3 Å². The van der Waals surface area contributed by atoms with Crippen LogP contribution in [0.25, 0.3) is 0 Å². The molecule has 1 amide bonds. The monoisotopic (exact) mass is 271 g/mol. The summed E-state index contributed by atoms with van der Waals surface area (Å²) in [4.78, 5) is 15.4. The van der Waals surface area contributed by atoms with Crippen LogP contribution in [0.2, 0.25) is 0 Å². The van der Waals surface area contributed by atoms with Crippen molar-refractivity contribution in [2.24, 2.45) is 0 Å². The molecule has 1 atom stereocenters. The largest absolute Gasteiger partial charge is 0.339 e. The van der Waals surface area contributed by atoms with E-state index < -0.39 is 0 Å². The number of hydrogen-bond acceptors (Lipinski definition) is 1. The van der Waals surface area contributed by atoms with Crippen LogP contribution >= 0.6 is 0 Å². The van der Waals surface area contributed by atoms with Gasteiger partial charge < -0.3 is 4.90 Å². The summed E-state index contributed by atoms with van der Waals surface area (Å²) in [7, 11) is 0. The summed E-state index contributed by atoms with van der Waals surface area (Å²) >= 11 is 0. The van der Waals surface area contributed by atoms with Crippen LogP contribution in [0.5, 0.6) is 0 Å². The van der Waals surface area contributed by atoms with E-state index in [0.29, 0.717) is 11.9 Å². The van der Waals surface area contributed by atoms with E-state index in [2.05, 4.69) is 36.1 Å². The Hall–Kier alpha value is -1.31. The molecule has 108 valence electrons. The van der Waals surface area contributed by atoms with Crippen molar-refractivity contribution in [3.05, 3.63) is 35.9 Å². The number of hydrogen-bond donors (Lipinski definition) is 0. The van der Waals surface area contributed by atoms with Crippen LogP contribution < -0.4 is 0 Å². The van der Waals surface area contributed by atoms with Gasteiger partial charge >= 0.3 is 0 Å². The molecule has 1 heterocycles. The molecule has 20 heavy (non-hydrogen) atoms. The fraction of sp³-hybridized carbons (Fsp3) is 0.611. The minimum Gasteiger partial charge on any atom is -0.339 e. The van der Waals surface area contributed by atoms with Crippen LogP contribution in [0.15, 0.2) is 30.3 Å². The Morgan fingerprint density at radius 1 is 1.20 bits per heavy atom. The number of amides is 1. The fourth-order valence-corrected chi connectivity index (χ4v) is 3.88. The van der Waals surface area contributed by atoms with Crippen LogP contribution in [0.4, 0.5) is 0 Å². The van der Waals surface area contributed by atoms with Gasteiger partial charge in [-0.15, -0.1) is 0 Å². The quantitative estimate of drug-likeness (QED) is 0.816. The summed E-state index contributed by atoms with van der Waals surface area (Å²) in [6.07, 6.45) is 7.98. The van der Waals surface area contributed by atoms with Gasteiger partial charge in [-0.1, -0.05) is 43.7 Å². The fourth-order valence-electron chi connectivity index (χ4n) is 3.88. The Balaban J connectivity index is 1.87.